The first-order valence-corrected chi connectivity index (χ1v) is 9.46. The summed E-state index contributed by atoms with van der Waals surface area (Å²) in [5.41, 5.74) is 5.11. The molecule has 1 aromatic carbocycles. The molecule has 0 unspecified atom stereocenters. The lowest BCUT2D eigenvalue weighted by Gasteiger charge is -2.24. The fraction of sp³-hybridized carbons (Fsp3) is 0.0833. The van der Waals surface area contributed by atoms with Crippen LogP contribution in [0.5, 0.6) is 0 Å². The van der Waals surface area contributed by atoms with Crippen LogP contribution in [0.2, 0.25) is 0 Å². The summed E-state index contributed by atoms with van der Waals surface area (Å²) < 4.78 is 0. The SMILES string of the molecule is C(=C\c1cnccn1)/c1ccc(N(Cc2ccccn2)Cc2ccccn2)cc1. The lowest BCUT2D eigenvalue weighted by atomic mass is 10.1. The zero-order chi connectivity index (χ0) is 19.7. The molecular weight excluding hydrogens is 358 g/mol. The zero-order valence-corrected chi connectivity index (χ0v) is 16.0. The Morgan fingerprint density at radius 2 is 1.34 bits per heavy atom. The lowest BCUT2D eigenvalue weighted by Crippen LogP contribution is -2.23. The Morgan fingerprint density at radius 1 is 0.655 bits per heavy atom. The van der Waals surface area contributed by atoms with E-state index in [0.29, 0.717) is 13.1 Å². The van der Waals surface area contributed by atoms with Crippen molar-refractivity contribution >= 4 is 17.8 Å². The van der Waals surface area contributed by atoms with Crippen molar-refractivity contribution in [1.29, 1.82) is 0 Å². The van der Waals surface area contributed by atoms with Gasteiger partial charge in [-0.1, -0.05) is 30.3 Å². The number of nitrogens with zero attached hydrogens (tertiary/aromatic N) is 5. The second kappa shape index (κ2) is 9.37. The minimum atomic E-state index is 0.714. The molecule has 0 spiro atoms. The molecular formula is C24H21N5. The number of pyridine rings is 2. The van der Waals surface area contributed by atoms with Crippen LogP contribution in [0.1, 0.15) is 22.6 Å². The standard InChI is InChI=1S/C24H21N5/c1-3-13-26-22(5-1)18-29(19-23-6-2-4-14-27-23)24-11-8-20(9-12-24)7-10-21-17-25-15-16-28-21/h1-17H,18-19H2/b10-7+. The third kappa shape index (κ3) is 5.32. The van der Waals surface area contributed by atoms with Gasteiger partial charge in [0.2, 0.25) is 0 Å². The maximum absolute atomic E-state index is 4.48. The van der Waals surface area contributed by atoms with Crippen LogP contribution in [0.25, 0.3) is 12.2 Å². The summed E-state index contributed by atoms with van der Waals surface area (Å²) in [7, 11) is 0. The van der Waals surface area contributed by atoms with Crippen LogP contribution in [-0.4, -0.2) is 19.9 Å². The Bertz CT molecular complexity index is 991. The molecule has 3 heterocycles. The summed E-state index contributed by atoms with van der Waals surface area (Å²) in [6.45, 7) is 1.43. The summed E-state index contributed by atoms with van der Waals surface area (Å²) in [5.74, 6) is 0. The van der Waals surface area contributed by atoms with Gasteiger partial charge in [0.05, 0.1) is 36.4 Å². The number of aromatic nitrogens is 4. The average Bonchev–Trinajstić information content (AvgIpc) is 2.80. The predicted molar refractivity (Wildman–Crippen MR) is 116 cm³/mol. The van der Waals surface area contributed by atoms with Crippen LogP contribution >= 0.6 is 0 Å². The Labute approximate surface area is 170 Å². The topological polar surface area (TPSA) is 54.8 Å². The largest absolute Gasteiger partial charge is 0.360 e. The maximum Gasteiger partial charge on any atom is 0.0813 e. The molecule has 0 saturated carbocycles. The van der Waals surface area contributed by atoms with E-state index in [-0.39, 0.29) is 0 Å². The number of anilines is 1. The van der Waals surface area contributed by atoms with E-state index < -0.39 is 0 Å². The normalized spacial score (nSPS) is 10.9. The first-order valence-electron chi connectivity index (χ1n) is 9.46. The third-order valence-corrected chi connectivity index (χ3v) is 4.45. The molecule has 0 atom stereocenters. The van der Waals surface area contributed by atoms with Gasteiger partial charge in [0.1, 0.15) is 0 Å². The van der Waals surface area contributed by atoms with Crippen molar-refractivity contribution in [3.05, 3.63) is 114 Å². The lowest BCUT2D eigenvalue weighted by molar-refractivity contribution is 0.765. The van der Waals surface area contributed by atoms with Gasteiger partial charge >= 0.3 is 0 Å². The first-order chi connectivity index (χ1) is 14.4. The van der Waals surface area contributed by atoms with Crippen LogP contribution in [0.4, 0.5) is 5.69 Å². The highest BCUT2D eigenvalue weighted by molar-refractivity contribution is 5.68. The van der Waals surface area contributed by atoms with Gasteiger partial charge < -0.3 is 4.90 Å². The second-order valence-electron chi connectivity index (χ2n) is 6.55. The van der Waals surface area contributed by atoms with E-state index in [2.05, 4.69) is 49.1 Å². The Balaban J connectivity index is 1.54. The molecule has 29 heavy (non-hydrogen) atoms. The van der Waals surface area contributed by atoms with Crippen molar-refractivity contribution < 1.29 is 0 Å². The van der Waals surface area contributed by atoms with Crippen molar-refractivity contribution in [2.75, 3.05) is 4.90 Å². The van der Waals surface area contributed by atoms with E-state index in [4.69, 9.17) is 0 Å². The molecule has 0 aliphatic heterocycles. The van der Waals surface area contributed by atoms with E-state index in [9.17, 15) is 0 Å². The molecule has 0 aliphatic carbocycles. The first kappa shape index (κ1) is 18.5. The highest BCUT2D eigenvalue weighted by atomic mass is 15.1. The van der Waals surface area contributed by atoms with Crippen LogP contribution in [-0.2, 0) is 13.1 Å². The molecule has 4 aromatic rings. The van der Waals surface area contributed by atoms with Gasteiger partial charge in [-0.25, -0.2) is 0 Å². The van der Waals surface area contributed by atoms with E-state index in [1.54, 1.807) is 18.6 Å². The maximum atomic E-state index is 4.48. The molecule has 0 aliphatic rings. The third-order valence-electron chi connectivity index (χ3n) is 4.45. The number of hydrogen-bond donors (Lipinski definition) is 0. The summed E-state index contributed by atoms with van der Waals surface area (Å²) >= 11 is 0. The molecule has 0 radical (unpaired) electrons. The van der Waals surface area contributed by atoms with Crippen molar-refractivity contribution in [2.45, 2.75) is 13.1 Å². The highest BCUT2D eigenvalue weighted by Crippen LogP contribution is 2.20. The van der Waals surface area contributed by atoms with Crippen LogP contribution < -0.4 is 4.90 Å². The zero-order valence-electron chi connectivity index (χ0n) is 16.0. The van der Waals surface area contributed by atoms with Crippen LogP contribution in [0.3, 0.4) is 0 Å². The number of rotatable bonds is 7. The van der Waals surface area contributed by atoms with E-state index in [0.717, 1.165) is 28.3 Å². The van der Waals surface area contributed by atoms with Gasteiger partial charge in [-0.15, -0.1) is 0 Å². The molecule has 5 nitrogen and oxygen atoms in total. The molecule has 4 rings (SSSR count). The molecule has 142 valence electrons. The molecule has 0 saturated heterocycles. The second-order valence-corrected chi connectivity index (χ2v) is 6.55. The van der Waals surface area contributed by atoms with Gasteiger partial charge in [0, 0.05) is 30.5 Å². The Morgan fingerprint density at radius 3 is 1.90 bits per heavy atom. The van der Waals surface area contributed by atoms with Crippen molar-refractivity contribution in [3.63, 3.8) is 0 Å². The summed E-state index contributed by atoms with van der Waals surface area (Å²) in [6.07, 6.45) is 12.8. The number of benzene rings is 1. The molecule has 0 bridgehead atoms. The van der Waals surface area contributed by atoms with Gasteiger partial charge in [-0.05, 0) is 48.0 Å². The van der Waals surface area contributed by atoms with Gasteiger partial charge in [0.15, 0.2) is 0 Å². The summed E-state index contributed by atoms with van der Waals surface area (Å²) in [4.78, 5) is 19.6. The fourth-order valence-electron chi connectivity index (χ4n) is 2.99. The molecule has 5 heteroatoms. The highest BCUT2D eigenvalue weighted by Gasteiger charge is 2.10. The Hall–Kier alpha value is -3.86. The van der Waals surface area contributed by atoms with Gasteiger partial charge in [-0.2, -0.15) is 0 Å². The summed E-state index contributed by atoms with van der Waals surface area (Å²) in [5, 5.41) is 0. The minimum Gasteiger partial charge on any atom is -0.360 e. The minimum absolute atomic E-state index is 0.714. The molecule has 0 fully saturated rings. The van der Waals surface area contributed by atoms with Gasteiger partial charge in [0.25, 0.3) is 0 Å². The monoisotopic (exact) mass is 379 g/mol. The van der Waals surface area contributed by atoms with Crippen molar-refractivity contribution in [3.8, 4) is 0 Å². The quantitative estimate of drug-likeness (QED) is 0.468. The van der Waals surface area contributed by atoms with E-state index in [1.165, 1.54) is 0 Å². The van der Waals surface area contributed by atoms with E-state index >= 15 is 0 Å². The molecule has 0 N–H and O–H groups in total. The predicted octanol–water partition coefficient (Wildman–Crippen LogP) is 4.64. The van der Waals surface area contributed by atoms with Crippen molar-refractivity contribution in [1.82, 2.24) is 19.9 Å². The van der Waals surface area contributed by atoms with Crippen LogP contribution in [0.15, 0.2) is 91.6 Å². The molecule has 0 amide bonds. The fourth-order valence-corrected chi connectivity index (χ4v) is 2.99. The Kier molecular flexibility index (Phi) is 5.98. The van der Waals surface area contributed by atoms with Crippen molar-refractivity contribution in [2.24, 2.45) is 0 Å². The van der Waals surface area contributed by atoms with E-state index in [1.807, 2.05) is 60.9 Å². The smallest absolute Gasteiger partial charge is 0.0813 e. The molecule has 3 aromatic heterocycles. The summed E-state index contributed by atoms with van der Waals surface area (Å²) in [6, 6.07) is 20.5. The van der Waals surface area contributed by atoms with Crippen LogP contribution in [0, 0.1) is 0 Å². The average molecular weight is 379 g/mol. The number of hydrogen-bond acceptors (Lipinski definition) is 5. The van der Waals surface area contributed by atoms with Gasteiger partial charge in [-0.3, -0.25) is 19.9 Å².